The molecule has 1 heterocycles. The number of aliphatic hydroxyl groups excluding tert-OH is 1. The number of rotatable bonds is 2. The monoisotopic (exact) mass is 299 g/mol. The van der Waals surface area contributed by atoms with Gasteiger partial charge in [-0.1, -0.05) is 17.9 Å². The molecule has 0 bridgehead atoms. The Morgan fingerprint density at radius 2 is 2.05 bits per heavy atom. The van der Waals surface area contributed by atoms with E-state index in [0.29, 0.717) is 16.1 Å². The average molecular weight is 299 g/mol. The molecular formula is C17H17NO2S. The first-order valence-corrected chi connectivity index (χ1v) is 7.41. The van der Waals surface area contributed by atoms with E-state index >= 15 is 0 Å². The minimum absolute atomic E-state index is 0.132. The van der Waals surface area contributed by atoms with Gasteiger partial charge in [0, 0.05) is 10.4 Å². The average Bonchev–Trinajstić information content (AvgIpc) is 2.79. The molecule has 1 amide bonds. The Morgan fingerprint density at radius 1 is 1.29 bits per heavy atom. The number of hydrogen-bond donors (Lipinski definition) is 2. The van der Waals surface area contributed by atoms with E-state index < -0.39 is 0 Å². The van der Waals surface area contributed by atoms with Gasteiger partial charge < -0.3 is 10.4 Å². The molecule has 0 aliphatic heterocycles. The number of aryl methyl sites for hydroxylation is 3. The topological polar surface area (TPSA) is 49.3 Å². The van der Waals surface area contributed by atoms with Gasteiger partial charge in [-0.15, -0.1) is 11.3 Å². The Labute approximate surface area is 128 Å². The van der Waals surface area contributed by atoms with E-state index in [9.17, 15) is 4.79 Å². The van der Waals surface area contributed by atoms with E-state index in [-0.39, 0.29) is 12.5 Å². The molecule has 1 aromatic carbocycles. The molecule has 0 aliphatic rings. The van der Waals surface area contributed by atoms with Crippen molar-refractivity contribution in [3.63, 3.8) is 0 Å². The largest absolute Gasteiger partial charge is 0.384 e. The fourth-order valence-corrected chi connectivity index (χ4v) is 2.80. The van der Waals surface area contributed by atoms with Crippen LogP contribution in [0.1, 0.15) is 31.2 Å². The molecule has 108 valence electrons. The zero-order chi connectivity index (χ0) is 15.4. The number of carbonyl (C=O) groups excluding carboxylic acids is 1. The third-order valence-electron chi connectivity index (χ3n) is 3.12. The van der Waals surface area contributed by atoms with Crippen LogP contribution in [0, 0.1) is 32.6 Å². The number of hydrogen-bond acceptors (Lipinski definition) is 3. The lowest BCUT2D eigenvalue weighted by Crippen LogP contribution is -2.11. The van der Waals surface area contributed by atoms with Crippen LogP contribution in [0.25, 0.3) is 0 Å². The van der Waals surface area contributed by atoms with Gasteiger partial charge in [-0.25, -0.2) is 0 Å². The highest BCUT2D eigenvalue weighted by atomic mass is 32.1. The van der Waals surface area contributed by atoms with Crippen LogP contribution in [0.5, 0.6) is 0 Å². The van der Waals surface area contributed by atoms with Crippen LogP contribution >= 0.6 is 11.3 Å². The summed E-state index contributed by atoms with van der Waals surface area (Å²) in [5.74, 6) is 5.35. The summed E-state index contributed by atoms with van der Waals surface area (Å²) < 4.78 is 0. The van der Waals surface area contributed by atoms with Gasteiger partial charge in [-0.05, 0) is 50.1 Å². The summed E-state index contributed by atoms with van der Waals surface area (Å²) in [6.45, 7) is 5.75. The van der Waals surface area contributed by atoms with E-state index in [1.165, 1.54) is 11.3 Å². The van der Waals surface area contributed by atoms with Gasteiger partial charge in [0.2, 0.25) is 0 Å². The maximum Gasteiger partial charge on any atom is 0.265 e. The molecule has 2 rings (SSSR count). The summed E-state index contributed by atoms with van der Waals surface area (Å²) >= 11 is 1.48. The Morgan fingerprint density at radius 3 is 2.67 bits per heavy atom. The molecule has 1 aromatic heterocycles. The molecule has 3 nitrogen and oxygen atoms in total. The standard InChI is InChI=1S/C17H17NO2S/c1-11-6-7-15(14(9-11)5-4-8-19)18-17(20)16-10-12(2)13(3)21-16/h6-7,9-10,19H,8H2,1-3H3,(H,18,20). The molecule has 0 radical (unpaired) electrons. The smallest absolute Gasteiger partial charge is 0.265 e. The number of nitrogens with one attached hydrogen (secondary N) is 1. The Balaban J connectivity index is 2.28. The van der Waals surface area contributed by atoms with Gasteiger partial charge >= 0.3 is 0 Å². The van der Waals surface area contributed by atoms with Crippen molar-refractivity contribution in [3.05, 3.63) is 50.7 Å². The van der Waals surface area contributed by atoms with Crippen LogP contribution in [-0.2, 0) is 0 Å². The zero-order valence-electron chi connectivity index (χ0n) is 12.3. The van der Waals surface area contributed by atoms with E-state index in [0.717, 1.165) is 16.0 Å². The first-order valence-electron chi connectivity index (χ1n) is 6.60. The third kappa shape index (κ3) is 3.72. The van der Waals surface area contributed by atoms with Crippen LogP contribution in [0.2, 0.25) is 0 Å². The first kappa shape index (κ1) is 15.3. The lowest BCUT2D eigenvalue weighted by Gasteiger charge is -2.07. The molecule has 21 heavy (non-hydrogen) atoms. The van der Waals surface area contributed by atoms with Gasteiger partial charge in [0.1, 0.15) is 6.61 Å². The molecule has 0 spiro atoms. The second-order valence-electron chi connectivity index (χ2n) is 4.81. The molecule has 2 aromatic rings. The molecule has 4 heteroatoms. The predicted octanol–water partition coefficient (Wildman–Crippen LogP) is 3.27. The number of thiophene rings is 1. The van der Waals surface area contributed by atoms with Crippen molar-refractivity contribution >= 4 is 22.9 Å². The molecule has 0 saturated heterocycles. The van der Waals surface area contributed by atoms with Crippen LogP contribution in [0.3, 0.4) is 0 Å². The van der Waals surface area contributed by atoms with Crippen LogP contribution < -0.4 is 5.32 Å². The maximum absolute atomic E-state index is 12.3. The molecule has 0 atom stereocenters. The first-order chi connectivity index (χ1) is 10.0. The van der Waals surface area contributed by atoms with E-state index in [2.05, 4.69) is 17.2 Å². The molecule has 0 fully saturated rings. The van der Waals surface area contributed by atoms with E-state index in [4.69, 9.17) is 5.11 Å². The van der Waals surface area contributed by atoms with Gasteiger partial charge in [0.15, 0.2) is 0 Å². The Kier molecular flexibility index (Phi) is 4.79. The second kappa shape index (κ2) is 6.57. The number of amides is 1. The summed E-state index contributed by atoms with van der Waals surface area (Å²) in [6, 6.07) is 7.54. The highest BCUT2D eigenvalue weighted by molar-refractivity contribution is 7.14. The lowest BCUT2D eigenvalue weighted by atomic mass is 10.1. The molecule has 0 aliphatic carbocycles. The van der Waals surface area contributed by atoms with Crippen molar-refractivity contribution in [2.24, 2.45) is 0 Å². The molecule has 0 saturated carbocycles. The summed E-state index contributed by atoms with van der Waals surface area (Å²) in [7, 11) is 0. The molecule has 2 N–H and O–H groups in total. The lowest BCUT2D eigenvalue weighted by molar-refractivity contribution is 0.103. The van der Waals surface area contributed by atoms with E-state index in [1.807, 2.05) is 45.0 Å². The fourth-order valence-electron chi connectivity index (χ4n) is 1.87. The van der Waals surface area contributed by atoms with Gasteiger partial charge in [-0.3, -0.25) is 4.79 Å². The SMILES string of the molecule is Cc1ccc(NC(=O)c2cc(C)c(C)s2)c(C#CCO)c1. The third-order valence-corrected chi connectivity index (χ3v) is 4.27. The van der Waals surface area contributed by atoms with Crippen molar-refractivity contribution in [1.82, 2.24) is 0 Å². The van der Waals surface area contributed by atoms with Gasteiger partial charge in [0.25, 0.3) is 5.91 Å². The molecular weight excluding hydrogens is 282 g/mol. The summed E-state index contributed by atoms with van der Waals surface area (Å²) in [4.78, 5) is 14.1. The Hall–Kier alpha value is -2.09. The summed E-state index contributed by atoms with van der Waals surface area (Å²) in [5, 5.41) is 11.7. The quantitative estimate of drug-likeness (QED) is 0.836. The minimum Gasteiger partial charge on any atom is -0.384 e. The van der Waals surface area contributed by atoms with Crippen molar-refractivity contribution in [3.8, 4) is 11.8 Å². The predicted molar refractivity (Wildman–Crippen MR) is 86.9 cm³/mol. The number of anilines is 1. The van der Waals surface area contributed by atoms with Crippen LogP contribution in [0.15, 0.2) is 24.3 Å². The zero-order valence-corrected chi connectivity index (χ0v) is 13.1. The number of benzene rings is 1. The number of carbonyl (C=O) groups is 1. The fraction of sp³-hybridized carbons (Fsp3) is 0.235. The highest BCUT2D eigenvalue weighted by Crippen LogP contribution is 2.23. The van der Waals surface area contributed by atoms with Gasteiger partial charge in [0.05, 0.1) is 10.6 Å². The van der Waals surface area contributed by atoms with Crippen LogP contribution in [0.4, 0.5) is 5.69 Å². The Bertz CT molecular complexity index is 715. The second-order valence-corrected chi connectivity index (χ2v) is 6.07. The summed E-state index contributed by atoms with van der Waals surface area (Å²) in [5.41, 5.74) is 3.55. The highest BCUT2D eigenvalue weighted by Gasteiger charge is 2.12. The van der Waals surface area contributed by atoms with Crippen molar-refractivity contribution in [1.29, 1.82) is 0 Å². The van der Waals surface area contributed by atoms with E-state index in [1.54, 1.807) is 0 Å². The van der Waals surface area contributed by atoms with Crippen molar-refractivity contribution in [2.45, 2.75) is 20.8 Å². The van der Waals surface area contributed by atoms with Gasteiger partial charge in [-0.2, -0.15) is 0 Å². The molecule has 0 unspecified atom stereocenters. The maximum atomic E-state index is 12.3. The van der Waals surface area contributed by atoms with Crippen LogP contribution in [-0.4, -0.2) is 17.6 Å². The normalized spacial score (nSPS) is 9.90. The summed E-state index contributed by atoms with van der Waals surface area (Å²) in [6.07, 6.45) is 0. The van der Waals surface area contributed by atoms with Crippen molar-refractivity contribution in [2.75, 3.05) is 11.9 Å². The minimum atomic E-state index is -0.204. The number of aliphatic hydroxyl groups is 1. The van der Waals surface area contributed by atoms with Crippen molar-refractivity contribution < 1.29 is 9.90 Å².